The van der Waals surface area contributed by atoms with Crippen molar-refractivity contribution >= 4 is 17.3 Å². The van der Waals surface area contributed by atoms with Crippen molar-refractivity contribution in [1.29, 1.82) is 0 Å². The fraction of sp³-hybridized carbons (Fsp3) is 0.316. The van der Waals surface area contributed by atoms with E-state index in [4.69, 9.17) is 10.5 Å². The number of hydrogen-bond acceptors (Lipinski definition) is 3. The summed E-state index contributed by atoms with van der Waals surface area (Å²) in [5.41, 5.74) is 8.36. The Morgan fingerprint density at radius 2 is 1.96 bits per heavy atom. The lowest BCUT2D eigenvalue weighted by molar-refractivity contribution is -0.116. The number of para-hydroxylation sites is 1. The van der Waals surface area contributed by atoms with Gasteiger partial charge in [-0.2, -0.15) is 0 Å². The average Bonchev–Trinajstić information content (AvgIpc) is 2.52. The van der Waals surface area contributed by atoms with Gasteiger partial charge < -0.3 is 15.8 Å². The first kappa shape index (κ1) is 16.9. The molecule has 0 aliphatic rings. The van der Waals surface area contributed by atoms with Crippen LogP contribution in [0.4, 0.5) is 11.4 Å². The van der Waals surface area contributed by atoms with Gasteiger partial charge in [0.05, 0.1) is 6.61 Å². The maximum Gasteiger partial charge on any atom is 0.224 e. The molecule has 0 aliphatic heterocycles. The van der Waals surface area contributed by atoms with Gasteiger partial charge in [0.15, 0.2) is 0 Å². The zero-order valence-corrected chi connectivity index (χ0v) is 13.7. The highest BCUT2D eigenvalue weighted by molar-refractivity contribution is 5.91. The van der Waals surface area contributed by atoms with Crippen molar-refractivity contribution in [3.63, 3.8) is 0 Å². The molecule has 4 heteroatoms. The molecule has 122 valence electrons. The normalized spacial score (nSPS) is 10.6. The number of carbonyl (C=O) groups is 1. The van der Waals surface area contributed by atoms with Crippen LogP contribution in [0.3, 0.4) is 0 Å². The Balaban J connectivity index is 1.87. The van der Waals surface area contributed by atoms with Crippen molar-refractivity contribution in [3.05, 3.63) is 54.1 Å². The van der Waals surface area contributed by atoms with Gasteiger partial charge in [-0.1, -0.05) is 38.1 Å². The summed E-state index contributed by atoms with van der Waals surface area (Å²) in [7, 11) is 0. The van der Waals surface area contributed by atoms with Crippen LogP contribution in [-0.4, -0.2) is 12.5 Å². The first-order chi connectivity index (χ1) is 11.0. The lowest BCUT2D eigenvalue weighted by atomic mass is 10.1. The largest absolute Gasteiger partial charge is 0.493 e. The SMILES string of the molecule is CC(C)COc1cccc(NC(=O)CCc2ccccc2N)c1. The van der Waals surface area contributed by atoms with Crippen LogP contribution in [0.15, 0.2) is 48.5 Å². The fourth-order valence-corrected chi connectivity index (χ4v) is 2.16. The second-order valence-electron chi connectivity index (χ2n) is 5.98. The van der Waals surface area contributed by atoms with Gasteiger partial charge in [-0.25, -0.2) is 0 Å². The summed E-state index contributed by atoms with van der Waals surface area (Å²) in [6.07, 6.45) is 1.02. The van der Waals surface area contributed by atoms with Crippen LogP contribution < -0.4 is 15.8 Å². The molecule has 0 heterocycles. The van der Waals surface area contributed by atoms with E-state index >= 15 is 0 Å². The van der Waals surface area contributed by atoms with Crippen LogP contribution in [0.2, 0.25) is 0 Å². The van der Waals surface area contributed by atoms with Crippen LogP contribution in [0.25, 0.3) is 0 Å². The van der Waals surface area contributed by atoms with E-state index in [1.807, 2.05) is 48.5 Å². The summed E-state index contributed by atoms with van der Waals surface area (Å²) >= 11 is 0. The van der Waals surface area contributed by atoms with E-state index in [0.29, 0.717) is 25.4 Å². The zero-order valence-electron chi connectivity index (χ0n) is 13.7. The predicted octanol–water partition coefficient (Wildman–Crippen LogP) is 3.87. The Kier molecular flexibility index (Phi) is 6.03. The summed E-state index contributed by atoms with van der Waals surface area (Å²) in [5, 5.41) is 2.90. The van der Waals surface area contributed by atoms with Crippen molar-refractivity contribution in [2.24, 2.45) is 5.92 Å². The summed E-state index contributed by atoms with van der Waals surface area (Å²) in [6, 6.07) is 15.1. The highest BCUT2D eigenvalue weighted by atomic mass is 16.5. The van der Waals surface area contributed by atoms with E-state index in [-0.39, 0.29) is 5.91 Å². The van der Waals surface area contributed by atoms with Crippen LogP contribution in [0.1, 0.15) is 25.8 Å². The van der Waals surface area contributed by atoms with E-state index in [2.05, 4.69) is 19.2 Å². The standard InChI is InChI=1S/C19H24N2O2/c1-14(2)13-23-17-8-5-7-16(12-17)21-19(22)11-10-15-6-3-4-9-18(15)20/h3-9,12,14H,10-11,13,20H2,1-2H3,(H,21,22). The second kappa shape index (κ2) is 8.22. The highest BCUT2D eigenvalue weighted by Gasteiger charge is 2.06. The molecule has 0 unspecified atom stereocenters. The van der Waals surface area contributed by atoms with Crippen molar-refractivity contribution in [1.82, 2.24) is 0 Å². The van der Waals surface area contributed by atoms with Crippen molar-refractivity contribution in [2.75, 3.05) is 17.7 Å². The number of carbonyl (C=O) groups excluding carboxylic acids is 1. The van der Waals surface area contributed by atoms with Gasteiger partial charge in [0.2, 0.25) is 5.91 Å². The van der Waals surface area contributed by atoms with Gasteiger partial charge in [-0.15, -0.1) is 0 Å². The minimum atomic E-state index is -0.0331. The Morgan fingerprint density at radius 3 is 2.70 bits per heavy atom. The molecule has 0 aliphatic carbocycles. The van der Waals surface area contributed by atoms with Crippen LogP contribution in [0.5, 0.6) is 5.75 Å². The van der Waals surface area contributed by atoms with Gasteiger partial charge in [-0.3, -0.25) is 4.79 Å². The molecule has 0 spiro atoms. The monoisotopic (exact) mass is 312 g/mol. The molecule has 3 N–H and O–H groups in total. The summed E-state index contributed by atoms with van der Waals surface area (Å²) < 4.78 is 5.67. The lowest BCUT2D eigenvalue weighted by Gasteiger charge is -2.11. The maximum atomic E-state index is 12.1. The Labute approximate surface area is 137 Å². The fourth-order valence-electron chi connectivity index (χ4n) is 2.16. The van der Waals surface area contributed by atoms with Crippen molar-refractivity contribution in [2.45, 2.75) is 26.7 Å². The number of anilines is 2. The smallest absolute Gasteiger partial charge is 0.224 e. The zero-order chi connectivity index (χ0) is 16.7. The molecule has 2 aromatic rings. The third-order valence-corrected chi connectivity index (χ3v) is 3.38. The number of hydrogen-bond donors (Lipinski definition) is 2. The van der Waals surface area contributed by atoms with Crippen LogP contribution in [-0.2, 0) is 11.2 Å². The molecule has 0 saturated heterocycles. The third-order valence-electron chi connectivity index (χ3n) is 3.38. The number of rotatable bonds is 7. The molecule has 0 radical (unpaired) electrons. The van der Waals surface area contributed by atoms with Crippen LogP contribution in [0, 0.1) is 5.92 Å². The molecular formula is C19H24N2O2. The lowest BCUT2D eigenvalue weighted by Crippen LogP contribution is -2.13. The minimum Gasteiger partial charge on any atom is -0.493 e. The first-order valence-electron chi connectivity index (χ1n) is 7.90. The number of aryl methyl sites for hydroxylation is 1. The quantitative estimate of drug-likeness (QED) is 0.763. The molecule has 4 nitrogen and oxygen atoms in total. The number of nitrogens with two attached hydrogens (primary N) is 1. The Hall–Kier alpha value is -2.49. The van der Waals surface area contributed by atoms with Crippen molar-refractivity contribution < 1.29 is 9.53 Å². The number of ether oxygens (including phenoxy) is 1. The van der Waals surface area contributed by atoms with E-state index in [1.165, 1.54) is 0 Å². The molecule has 0 fully saturated rings. The first-order valence-corrected chi connectivity index (χ1v) is 7.90. The van der Waals surface area contributed by atoms with Gasteiger partial charge >= 0.3 is 0 Å². The molecule has 23 heavy (non-hydrogen) atoms. The Morgan fingerprint density at radius 1 is 1.17 bits per heavy atom. The minimum absolute atomic E-state index is 0.0331. The summed E-state index contributed by atoms with van der Waals surface area (Å²) in [5.74, 6) is 1.20. The van der Waals surface area contributed by atoms with E-state index < -0.39 is 0 Å². The molecule has 0 atom stereocenters. The summed E-state index contributed by atoms with van der Waals surface area (Å²) in [4.78, 5) is 12.1. The van der Waals surface area contributed by atoms with E-state index in [9.17, 15) is 4.79 Å². The second-order valence-corrected chi connectivity index (χ2v) is 5.98. The van der Waals surface area contributed by atoms with Gasteiger partial charge in [-0.05, 0) is 36.1 Å². The van der Waals surface area contributed by atoms with Gasteiger partial charge in [0.1, 0.15) is 5.75 Å². The molecule has 0 saturated carbocycles. The Bertz CT molecular complexity index is 653. The topological polar surface area (TPSA) is 64.3 Å². The third kappa shape index (κ3) is 5.66. The molecule has 0 aromatic heterocycles. The molecule has 0 bridgehead atoms. The molecule has 2 aromatic carbocycles. The number of benzene rings is 2. The number of nitrogens with one attached hydrogen (secondary N) is 1. The van der Waals surface area contributed by atoms with E-state index in [0.717, 1.165) is 22.7 Å². The number of nitrogen functional groups attached to an aromatic ring is 1. The number of amides is 1. The molecule has 1 amide bonds. The van der Waals surface area contributed by atoms with Gasteiger partial charge in [0.25, 0.3) is 0 Å². The predicted molar refractivity (Wildman–Crippen MR) is 94.6 cm³/mol. The average molecular weight is 312 g/mol. The molecule has 2 rings (SSSR count). The van der Waals surface area contributed by atoms with Gasteiger partial charge in [0, 0.05) is 23.9 Å². The molecular weight excluding hydrogens is 288 g/mol. The highest BCUT2D eigenvalue weighted by Crippen LogP contribution is 2.19. The maximum absolute atomic E-state index is 12.1. The van der Waals surface area contributed by atoms with E-state index in [1.54, 1.807) is 0 Å². The van der Waals surface area contributed by atoms with Crippen molar-refractivity contribution in [3.8, 4) is 5.75 Å². The van der Waals surface area contributed by atoms with Crippen LogP contribution >= 0.6 is 0 Å². The summed E-state index contributed by atoms with van der Waals surface area (Å²) in [6.45, 7) is 4.85.